The summed E-state index contributed by atoms with van der Waals surface area (Å²) < 4.78 is 23.8. The van der Waals surface area contributed by atoms with Gasteiger partial charge in [0.05, 0.1) is 11.5 Å². The maximum absolute atomic E-state index is 11.9. The normalized spacial score (nSPS) is 35.4. The smallest absolute Gasteiger partial charge is 0.151 e. The minimum absolute atomic E-state index is 0.0760. The fourth-order valence-electron chi connectivity index (χ4n) is 3.41. The van der Waals surface area contributed by atoms with Gasteiger partial charge in [-0.3, -0.25) is 4.90 Å². The van der Waals surface area contributed by atoms with Gasteiger partial charge in [0.2, 0.25) is 0 Å². The Morgan fingerprint density at radius 1 is 1.32 bits per heavy atom. The quantitative estimate of drug-likeness (QED) is 0.831. The first-order valence-corrected chi connectivity index (χ1v) is 9.23. The van der Waals surface area contributed by atoms with Gasteiger partial charge in [-0.1, -0.05) is 13.8 Å². The molecule has 0 bridgehead atoms. The number of nitrogens with one attached hydrogen (secondary N) is 1. The maximum atomic E-state index is 11.9. The highest BCUT2D eigenvalue weighted by atomic mass is 32.2. The number of nitrogens with zero attached hydrogens (tertiary/aromatic N) is 1. The predicted molar refractivity (Wildman–Crippen MR) is 79.1 cm³/mol. The van der Waals surface area contributed by atoms with E-state index in [0.29, 0.717) is 23.5 Å². The highest BCUT2D eigenvalue weighted by Gasteiger charge is 2.40. The summed E-state index contributed by atoms with van der Waals surface area (Å²) in [5, 5.41) is 3.59. The Morgan fingerprint density at radius 3 is 2.58 bits per heavy atom. The fourth-order valence-corrected chi connectivity index (χ4v) is 5.12. The highest BCUT2D eigenvalue weighted by molar-refractivity contribution is 7.91. The molecule has 2 aliphatic heterocycles. The van der Waals surface area contributed by atoms with Crippen LogP contribution < -0.4 is 5.32 Å². The minimum atomic E-state index is -2.83. The van der Waals surface area contributed by atoms with Gasteiger partial charge in [-0.15, -0.1) is 0 Å². The molecule has 2 atom stereocenters. The van der Waals surface area contributed by atoms with Gasteiger partial charge >= 0.3 is 0 Å². The lowest BCUT2D eigenvalue weighted by Gasteiger charge is -2.50. The third kappa shape index (κ3) is 3.70. The molecule has 2 saturated heterocycles. The van der Waals surface area contributed by atoms with E-state index in [4.69, 9.17) is 0 Å². The van der Waals surface area contributed by atoms with Crippen LogP contribution in [0.3, 0.4) is 0 Å². The van der Waals surface area contributed by atoms with Crippen LogP contribution in [0.1, 0.15) is 40.5 Å². The molecule has 0 spiro atoms. The number of piperazine rings is 1. The van der Waals surface area contributed by atoms with Crippen molar-refractivity contribution in [2.75, 3.05) is 24.6 Å². The molecule has 0 radical (unpaired) electrons. The lowest BCUT2D eigenvalue weighted by Crippen LogP contribution is -2.66. The Morgan fingerprint density at radius 2 is 2.00 bits per heavy atom. The van der Waals surface area contributed by atoms with E-state index in [1.807, 2.05) is 0 Å². The van der Waals surface area contributed by atoms with Gasteiger partial charge in [0.1, 0.15) is 0 Å². The van der Waals surface area contributed by atoms with Gasteiger partial charge in [-0.2, -0.15) is 0 Å². The first-order valence-electron chi connectivity index (χ1n) is 7.41. The molecular formula is C14H28N2O2S. The highest BCUT2D eigenvalue weighted by Crippen LogP contribution is 2.27. The number of hydrogen-bond donors (Lipinski definition) is 1. The number of rotatable bonds is 2. The predicted octanol–water partition coefficient (Wildman–Crippen LogP) is 1.27. The Hall–Kier alpha value is -0.130. The van der Waals surface area contributed by atoms with Crippen molar-refractivity contribution in [2.45, 2.75) is 58.2 Å². The van der Waals surface area contributed by atoms with E-state index in [1.165, 1.54) is 0 Å². The average Bonchev–Trinajstić information content (AvgIpc) is 2.25. The third-order valence-corrected chi connectivity index (χ3v) is 6.27. The monoisotopic (exact) mass is 288 g/mol. The second-order valence-electron chi connectivity index (χ2n) is 7.16. The van der Waals surface area contributed by atoms with Gasteiger partial charge in [0.15, 0.2) is 9.84 Å². The summed E-state index contributed by atoms with van der Waals surface area (Å²) in [5.74, 6) is 1.28. The Labute approximate surface area is 117 Å². The number of hydrogen-bond acceptors (Lipinski definition) is 4. The summed E-state index contributed by atoms with van der Waals surface area (Å²) in [4.78, 5) is 2.47. The molecule has 0 aromatic carbocycles. The molecule has 0 aromatic rings. The zero-order valence-electron chi connectivity index (χ0n) is 12.6. The molecule has 0 saturated carbocycles. The van der Waals surface area contributed by atoms with Crippen molar-refractivity contribution in [1.82, 2.24) is 10.2 Å². The molecule has 0 aliphatic carbocycles. The van der Waals surface area contributed by atoms with Crippen LogP contribution in [0.2, 0.25) is 0 Å². The first kappa shape index (κ1) is 15.3. The van der Waals surface area contributed by atoms with Gasteiger partial charge in [0.25, 0.3) is 0 Å². The van der Waals surface area contributed by atoms with Crippen LogP contribution in [-0.2, 0) is 9.84 Å². The van der Waals surface area contributed by atoms with Crippen molar-refractivity contribution >= 4 is 9.84 Å². The number of sulfone groups is 1. The SMILES string of the molecule is CC(C)C1CNC(C)(C)CN1C1CCCS(=O)(=O)C1. The molecule has 2 fully saturated rings. The minimum Gasteiger partial charge on any atom is -0.309 e. The van der Waals surface area contributed by atoms with Crippen LogP contribution >= 0.6 is 0 Å². The molecule has 2 heterocycles. The summed E-state index contributed by atoms with van der Waals surface area (Å²) in [5.41, 5.74) is 0.0760. The van der Waals surface area contributed by atoms with Crippen molar-refractivity contribution < 1.29 is 8.42 Å². The Kier molecular flexibility index (Phi) is 4.29. The molecule has 5 heteroatoms. The van der Waals surface area contributed by atoms with Crippen LogP contribution in [0.25, 0.3) is 0 Å². The third-order valence-electron chi connectivity index (χ3n) is 4.47. The largest absolute Gasteiger partial charge is 0.309 e. The molecule has 0 amide bonds. The molecular weight excluding hydrogens is 260 g/mol. The van der Waals surface area contributed by atoms with Gasteiger partial charge in [-0.05, 0) is 32.6 Å². The molecule has 2 aliphatic rings. The first-order chi connectivity index (χ1) is 8.70. The van der Waals surface area contributed by atoms with Gasteiger partial charge < -0.3 is 5.32 Å². The second kappa shape index (κ2) is 5.34. The zero-order valence-corrected chi connectivity index (χ0v) is 13.5. The van der Waals surface area contributed by atoms with Crippen LogP contribution in [-0.4, -0.2) is 55.5 Å². The summed E-state index contributed by atoms with van der Waals surface area (Å²) in [6.07, 6.45) is 1.85. The van der Waals surface area contributed by atoms with Gasteiger partial charge in [-0.25, -0.2) is 8.42 Å². The Bertz CT molecular complexity index is 417. The topological polar surface area (TPSA) is 49.4 Å². The summed E-state index contributed by atoms with van der Waals surface area (Å²) in [7, 11) is -2.83. The van der Waals surface area contributed by atoms with Crippen molar-refractivity contribution in [2.24, 2.45) is 5.92 Å². The second-order valence-corrected chi connectivity index (χ2v) is 9.39. The Balaban J connectivity index is 2.17. The average molecular weight is 288 g/mol. The molecule has 19 heavy (non-hydrogen) atoms. The van der Waals surface area contributed by atoms with Crippen LogP contribution in [0.5, 0.6) is 0 Å². The van der Waals surface area contributed by atoms with Gasteiger partial charge in [0, 0.05) is 30.7 Å². The van der Waals surface area contributed by atoms with Crippen LogP contribution in [0.15, 0.2) is 0 Å². The standard InChI is InChI=1S/C14H28N2O2S/c1-11(2)13-8-15-14(3,4)10-16(13)12-6-5-7-19(17,18)9-12/h11-13,15H,5-10H2,1-4H3. The van der Waals surface area contributed by atoms with Crippen LogP contribution in [0.4, 0.5) is 0 Å². The summed E-state index contributed by atoms with van der Waals surface area (Å²) in [6.45, 7) is 10.8. The van der Waals surface area contributed by atoms with E-state index >= 15 is 0 Å². The van der Waals surface area contributed by atoms with Crippen molar-refractivity contribution in [3.63, 3.8) is 0 Å². The van der Waals surface area contributed by atoms with Crippen molar-refractivity contribution in [3.8, 4) is 0 Å². The van der Waals surface area contributed by atoms with Crippen molar-refractivity contribution in [1.29, 1.82) is 0 Å². The van der Waals surface area contributed by atoms with E-state index < -0.39 is 9.84 Å². The summed E-state index contributed by atoms with van der Waals surface area (Å²) in [6, 6.07) is 0.666. The van der Waals surface area contributed by atoms with E-state index in [9.17, 15) is 8.42 Å². The molecule has 112 valence electrons. The molecule has 0 aromatic heterocycles. The van der Waals surface area contributed by atoms with E-state index in [0.717, 1.165) is 25.9 Å². The van der Waals surface area contributed by atoms with E-state index in [2.05, 4.69) is 37.9 Å². The molecule has 4 nitrogen and oxygen atoms in total. The molecule has 2 unspecified atom stereocenters. The zero-order chi connectivity index (χ0) is 14.3. The fraction of sp³-hybridized carbons (Fsp3) is 1.00. The molecule has 2 rings (SSSR count). The van der Waals surface area contributed by atoms with Crippen molar-refractivity contribution in [3.05, 3.63) is 0 Å². The lowest BCUT2D eigenvalue weighted by molar-refractivity contribution is 0.0345. The van der Waals surface area contributed by atoms with Crippen LogP contribution in [0, 0.1) is 5.92 Å². The van der Waals surface area contributed by atoms with E-state index in [-0.39, 0.29) is 11.6 Å². The molecule has 1 N–H and O–H groups in total. The summed E-state index contributed by atoms with van der Waals surface area (Å²) >= 11 is 0. The lowest BCUT2D eigenvalue weighted by atomic mass is 9.91. The maximum Gasteiger partial charge on any atom is 0.151 e. The van der Waals surface area contributed by atoms with E-state index in [1.54, 1.807) is 0 Å².